The van der Waals surface area contributed by atoms with Gasteiger partial charge in [0.2, 0.25) is 21.7 Å². The predicted octanol–water partition coefficient (Wildman–Crippen LogP) is 2.73. The van der Waals surface area contributed by atoms with E-state index < -0.39 is 27.9 Å². The lowest BCUT2D eigenvalue weighted by Crippen LogP contribution is -2.40. The van der Waals surface area contributed by atoms with Crippen LogP contribution in [0.25, 0.3) is 0 Å². The largest absolute Gasteiger partial charge is 0.451 e. The van der Waals surface area contributed by atoms with Gasteiger partial charge in [-0.25, -0.2) is 13.2 Å². The molecule has 2 aromatic rings. The summed E-state index contributed by atoms with van der Waals surface area (Å²) in [4.78, 5) is 37.1. The second kappa shape index (κ2) is 10.9. The molecule has 2 aromatic carbocycles. The van der Waals surface area contributed by atoms with Crippen LogP contribution in [-0.2, 0) is 24.3 Å². The van der Waals surface area contributed by atoms with Crippen LogP contribution in [0.2, 0.25) is 0 Å². The van der Waals surface area contributed by atoms with Crippen molar-refractivity contribution in [2.45, 2.75) is 31.8 Å². The van der Waals surface area contributed by atoms with Crippen molar-refractivity contribution in [3.05, 3.63) is 59.7 Å². The van der Waals surface area contributed by atoms with Gasteiger partial charge in [0.15, 0.2) is 6.10 Å². The van der Waals surface area contributed by atoms with Gasteiger partial charge in [0.1, 0.15) is 0 Å². The molecule has 0 bridgehead atoms. The Balaban J connectivity index is 1.66. The van der Waals surface area contributed by atoms with Crippen LogP contribution in [0.5, 0.6) is 0 Å². The van der Waals surface area contributed by atoms with Crippen molar-refractivity contribution >= 4 is 33.4 Å². The van der Waals surface area contributed by atoms with Crippen LogP contribution in [0.1, 0.15) is 41.5 Å². The maximum atomic E-state index is 12.8. The van der Waals surface area contributed by atoms with Crippen LogP contribution in [-0.4, -0.2) is 62.8 Å². The highest BCUT2D eigenvalue weighted by molar-refractivity contribution is 7.89. The number of amides is 1. The second-order valence-electron chi connectivity index (χ2n) is 8.18. The number of ether oxygens (including phenoxy) is 2. The number of ketones is 1. The van der Waals surface area contributed by atoms with Crippen molar-refractivity contribution in [2.24, 2.45) is 5.92 Å². The lowest BCUT2D eigenvalue weighted by Gasteiger charge is -2.26. The number of carbonyl (C=O) groups is 3. The summed E-state index contributed by atoms with van der Waals surface area (Å²) in [5.41, 5.74) is 0.894. The Kier molecular flexibility index (Phi) is 8.19. The smallest absolute Gasteiger partial charge is 0.338 e. The molecule has 1 aliphatic heterocycles. The maximum Gasteiger partial charge on any atom is 0.338 e. The molecule has 1 saturated heterocycles. The molecule has 0 aliphatic carbocycles. The molecule has 10 heteroatoms. The first kappa shape index (κ1) is 25.5. The number of anilines is 1. The topological polar surface area (TPSA) is 119 Å². The average Bonchev–Trinajstić information content (AvgIpc) is 2.84. The Bertz CT molecular complexity index is 1150. The number of hydrogen-bond donors (Lipinski definition) is 1. The summed E-state index contributed by atoms with van der Waals surface area (Å²) in [5, 5.41) is 2.74. The molecule has 0 spiro atoms. The van der Waals surface area contributed by atoms with Gasteiger partial charge in [-0.3, -0.25) is 9.59 Å². The standard InChI is InChI=1S/C24H28N2O7S/c1-16(2)23(28)25-20-9-7-18(8-10-20)22(27)17(3)33-24(29)19-5-4-6-21(15-19)34(30,31)26-11-13-32-14-12-26/h4-10,15-17H,11-14H2,1-3H3,(H,25,28). The zero-order valence-corrected chi connectivity index (χ0v) is 20.1. The number of rotatable bonds is 8. The Morgan fingerprint density at radius 1 is 0.971 bits per heavy atom. The summed E-state index contributed by atoms with van der Waals surface area (Å²) in [6.45, 7) is 6.10. The van der Waals surface area contributed by atoms with Crippen molar-refractivity contribution in [3.8, 4) is 0 Å². The highest BCUT2D eigenvalue weighted by Gasteiger charge is 2.28. The minimum absolute atomic E-state index is 0.0261. The quantitative estimate of drug-likeness (QED) is 0.448. The predicted molar refractivity (Wildman–Crippen MR) is 125 cm³/mol. The Morgan fingerprint density at radius 2 is 1.62 bits per heavy atom. The summed E-state index contributed by atoms with van der Waals surface area (Å²) in [6, 6.07) is 11.8. The van der Waals surface area contributed by atoms with Gasteiger partial charge in [-0.2, -0.15) is 4.31 Å². The van der Waals surface area contributed by atoms with Crippen LogP contribution in [0, 0.1) is 5.92 Å². The number of carbonyl (C=O) groups excluding carboxylic acids is 3. The Hall–Kier alpha value is -3.08. The number of morpholine rings is 1. The van der Waals surface area contributed by atoms with Crippen molar-refractivity contribution in [2.75, 3.05) is 31.6 Å². The summed E-state index contributed by atoms with van der Waals surface area (Å²) < 4.78 is 37.5. The van der Waals surface area contributed by atoms with E-state index >= 15 is 0 Å². The zero-order chi connectivity index (χ0) is 24.9. The van der Waals surface area contributed by atoms with Gasteiger partial charge in [0.25, 0.3) is 0 Å². The molecule has 9 nitrogen and oxygen atoms in total. The van der Waals surface area contributed by atoms with Gasteiger partial charge in [0.05, 0.1) is 23.7 Å². The van der Waals surface area contributed by atoms with Crippen molar-refractivity contribution in [3.63, 3.8) is 0 Å². The van der Waals surface area contributed by atoms with E-state index in [0.717, 1.165) is 0 Å². The van der Waals surface area contributed by atoms with E-state index in [9.17, 15) is 22.8 Å². The third-order valence-electron chi connectivity index (χ3n) is 5.29. The van der Waals surface area contributed by atoms with Gasteiger partial charge in [-0.15, -0.1) is 0 Å². The molecule has 1 atom stereocenters. The number of esters is 1. The molecular weight excluding hydrogens is 460 g/mol. The third kappa shape index (κ3) is 6.07. The van der Waals surface area contributed by atoms with E-state index in [2.05, 4.69) is 5.32 Å². The second-order valence-corrected chi connectivity index (χ2v) is 10.1. The molecule has 0 saturated carbocycles. The minimum atomic E-state index is -3.78. The Morgan fingerprint density at radius 3 is 2.24 bits per heavy atom. The average molecular weight is 489 g/mol. The number of benzene rings is 2. The van der Waals surface area contributed by atoms with Crippen molar-refractivity contribution in [1.82, 2.24) is 4.31 Å². The third-order valence-corrected chi connectivity index (χ3v) is 7.19. The fourth-order valence-corrected chi connectivity index (χ4v) is 4.70. The molecule has 0 aromatic heterocycles. The number of hydrogen-bond acceptors (Lipinski definition) is 7. The SMILES string of the molecule is CC(C)C(=O)Nc1ccc(C(=O)C(C)OC(=O)c2cccc(S(=O)(=O)N3CCOCC3)c2)cc1. The van der Waals surface area contributed by atoms with E-state index in [1.165, 1.54) is 47.6 Å². The fraction of sp³-hybridized carbons (Fsp3) is 0.375. The molecule has 3 rings (SSSR count). The lowest BCUT2D eigenvalue weighted by molar-refractivity contribution is -0.118. The van der Waals surface area contributed by atoms with Crippen LogP contribution >= 0.6 is 0 Å². The van der Waals surface area contributed by atoms with Gasteiger partial charge < -0.3 is 14.8 Å². The summed E-state index contributed by atoms with van der Waals surface area (Å²) in [6.07, 6.45) is -1.09. The number of nitrogens with one attached hydrogen (secondary N) is 1. The zero-order valence-electron chi connectivity index (χ0n) is 19.3. The van der Waals surface area contributed by atoms with Crippen LogP contribution in [0.15, 0.2) is 53.4 Å². The molecule has 0 radical (unpaired) electrons. The molecule has 1 heterocycles. The molecule has 1 N–H and O–H groups in total. The van der Waals surface area contributed by atoms with E-state index in [4.69, 9.17) is 9.47 Å². The molecule has 1 aliphatic rings. The molecule has 1 fully saturated rings. The van der Waals surface area contributed by atoms with E-state index in [0.29, 0.717) is 24.5 Å². The monoisotopic (exact) mass is 488 g/mol. The summed E-state index contributed by atoms with van der Waals surface area (Å²) in [5.74, 6) is -1.55. The van der Waals surface area contributed by atoms with Gasteiger partial charge in [-0.1, -0.05) is 19.9 Å². The van der Waals surface area contributed by atoms with Crippen LogP contribution in [0.3, 0.4) is 0 Å². The van der Waals surface area contributed by atoms with Gasteiger partial charge >= 0.3 is 5.97 Å². The molecule has 182 valence electrons. The van der Waals surface area contributed by atoms with E-state index in [-0.39, 0.29) is 35.4 Å². The Labute approximate surface area is 199 Å². The minimum Gasteiger partial charge on any atom is -0.451 e. The summed E-state index contributed by atoms with van der Waals surface area (Å²) in [7, 11) is -3.78. The van der Waals surface area contributed by atoms with Crippen LogP contribution in [0.4, 0.5) is 5.69 Å². The van der Waals surface area contributed by atoms with Crippen molar-refractivity contribution in [1.29, 1.82) is 0 Å². The first-order valence-electron chi connectivity index (χ1n) is 10.9. The van der Waals surface area contributed by atoms with E-state index in [1.807, 2.05) is 0 Å². The number of nitrogens with zero attached hydrogens (tertiary/aromatic N) is 1. The highest BCUT2D eigenvalue weighted by Crippen LogP contribution is 2.20. The van der Waals surface area contributed by atoms with E-state index in [1.54, 1.807) is 26.0 Å². The highest BCUT2D eigenvalue weighted by atomic mass is 32.2. The number of sulfonamides is 1. The molecule has 1 amide bonds. The molecular formula is C24H28N2O7S. The molecule has 1 unspecified atom stereocenters. The fourth-order valence-electron chi connectivity index (χ4n) is 3.24. The lowest BCUT2D eigenvalue weighted by atomic mass is 10.1. The first-order valence-corrected chi connectivity index (χ1v) is 12.4. The van der Waals surface area contributed by atoms with Crippen molar-refractivity contribution < 1.29 is 32.3 Å². The first-order chi connectivity index (χ1) is 16.1. The number of Topliss-reactive ketones (excluding diaryl/α,β-unsaturated/α-hetero) is 1. The van der Waals surface area contributed by atoms with Gasteiger partial charge in [-0.05, 0) is 49.4 Å². The maximum absolute atomic E-state index is 12.8. The normalized spacial score (nSPS) is 15.5. The summed E-state index contributed by atoms with van der Waals surface area (Å²) >= 11 is 0. The molecule has 34 heavy (non-hydrogen) atoms. The van der Waals surface area contributed by atoms with Crippen LogP contribution < -0.4 is 5.32 Å². The van der Waals surface area contributed by atoms with Gasteiger partial charge in [0, 0.05) is 30.3 Å².